The van der Waals surface area contributed by atoms with E-state index in [0.717, 1.165) is 4.47 Å². The first-order chi connectivity index (χ1) is 17.7. The molecule has 0 aliphatic carbocycles. The van der Waals surface area contributed by atoms with E-state index in [4.69, 9.17) is 14.2 Å². The summed E-state index contributed by atoms with van der Waals surface area (Å²) in [6.07, 6.45) is 3.12. The van der Waals surface area contributed by atoms with Crippen molar-refractivity contribution in [3.05, 3.63) is 102 Å². The van der Waals surface area contributed by atoms with Gasteiger partial charge in [-0.05, 0) is 48.9 Å². The smallest absolute Gasteiger partial charge is 0.338 e. The van der Waals surface area contributed by atoms with Crippen molar-refractivity contribution in [1.29, 1.82) is 0 Å². The summed E-state index contributed by atoms with van der Waals surface area (Å²) in [5, 5.41) is 0. The molecule has 1 aromatic heterocycles. The lowest BCUT2D eigenvalue weighted by Gasteiger charge is -2.24. The Hall–Kier alpha value is -3.76. The second-order valence-electron chi connectivity index (χ2n) is 8.02. The molecule has 3 aromatic rings. The molecule has 37 heavy (non-hydrogen) atoms. The van der Waals surface area contributed by atoms with Crippen molar-refractivity contribution in [1.82, 2.24) is 4.57 Å². The Morgan fingerprint density at radius 1 is 1.22 bits per heavy atom. The summed E-state index contributed by atoms with van der Waals surface area (Å²) in [5.41, 5.74) is 1.59. The van der Waals surface area contributed by atoms with Crippen LogP contribution < -0.4 is 24.4 Å². The van der Waals surface area contributed by atoms with Gasteiger partial charge in [0.05, 0.1) is 29.0 Å². The fraction of sp³-hybridized carbons (Fsp3) is 0.185. The lowest BCUT2D eigenvalue weighted by Crippen LogP contribution is -2.39. The highest BCUT2D eigenvalue weighted by Crippen LogP contribution is 2.32. The highest BCUT2D eigenvalue weighted by atomic mass is 79.9. The maximum atomic E-state index is 13.8. The first-order valence-corrected chi connectivity index (χ1v) is 12.8. The van der Waals surface area contributed by atoms with Gasteiger partial charge in [0, 0.05) is 17.0 Å². The van der Waals surface area contributed by atoms with E-state index in [2.05, 4.69) is 27.5 Å². The number of hydrogen-bond acceptors (Lipinski definition) is 8. The molecule has 0 radical (unpaired) electrons. The van der Waals surface area contributed by atoms with Crippen LogP contribution in [-0.2, 0) is 14.3 Å². The predicted octanol–water partition coefficient (Wildman–Crippen LogP) is 3.66. The van der Waals surface area contributed by atoms with Gasteiger partial charge in [-0.1, -0.05) is 52.1 Å². The van der Waals surface area contributed by atoms with Gasteiger partial charge in [-0.15, -0.1) is 0 Å². The number of halogens is 1. The number of allylic oxidation sites excluding steroid dienone is 1. The van der Waals surface area contributed by atoms with E-state index in [1.807, 2.05) is 0 Å². The lowest BCUT2D eigenvalue weighted by molar-refractivity contribution is -0.138. The summed E-state index contributed by atoms with van der Waals surface area (Å²) in [6.45, 7) is 6.64. The summed E-state index contributed by atoms with van der Waals surface area (Å²) in [7, 11) is 1.56. The number of rotatable bonds is 7. The van der Waals surface area contributed by atoms with Gasteiger partial charge in [0.25, 0.3) is 5.56 Å². The van der Waals surface area contributed by atoms with Crippen molar-refractivity contribution < 1.29 is 23.8 Å². The monoisotopic (exact) mass is 582 g/mol. The van der Waals surface area contributed by atoms with Crippen LogP contribution in [0.1, 0.15) is 31.0 Å². The van der Waals surface area contributed by atoms with Crippen LogP contribution in [0.5, 0.6) is 11.5 Å². The minimum atomic E-state index is -0.767. The van der Waals surface area contributed by atoms with Gasteiger partial charge in [0.1, 0.15) is 18.1 Å². The standard InChI is InChI=1S/C27H23BrN2O6S/c1-5-12-35-26(33)23-15(2)29-27-30(24(23)17-6-9-20(34-4)10-7-17)25(32)22(37-27)14-18-13-19(28)8-11-21(18)36-16(3)31/h5-11,13-14,24H,1,12H2,2-4H3. The summed E-state index contributed by atoms with van der Waals surface area (Å²) < 4.78 is 18.5. The third-order valence-electron chi connectivity index (χ3n) is 5.52. The molecule has 0 bridgehead atoms. The van der Waals surface area contributed by atoms with Gasteiger partial charge in [-0.25, -0.2) is 9.79 Å². The molecule has 1 unspecified atom stereocenters. The Morgan fingerprint density at radius 2 is 1.95 bits per heavy atom. The minimum absolute atomic E-state index is 0.0250. The number of aromatic nitrogens is 1. The fourth-order valence-corrected chi connectivity index (χ4v) is 5.33. The predicted molar refractivity (Wildman–Crippen MR) is 143 cm³/mol. The molecule has 1 aliphatic heterocycles. The van der Waals surface area contributed by atoms with Crippen LogP contribution in [0.4, 0.5) is 0 Å². The van der Waals surface area contributed by atoms with Crippen LogP contribution in [0.2, 0.25) is 0 Å². The average Bonchev–Trinajstić information content (AvgIpc) is 3.17. The molecule has 0 amide bonds. The topological polar surface area (TPSA) is 96.2 Å². The number of carbonyl (C=O) groups is 2. The third kappa shape index (κ3) is 5.50. The normalized spacial score (nSPS) is 15.0. The van der Waals surface area contributed by atoms with Crippen LogP contribution in [0.15, 0.2) is 80.6 Å². The van der Waals surface area contributed by atoms with E-state index in [1.165, 1.54) is 28.9 Å². The number of thiazole rings is 1. The van der Waals surface area contributed by atoms with Crippen molar-refractivity contribution in [2.75, 3.05) is 13.7 Å². The molecule has 10 heteroatoms. The van der Waals surface area contributed by atoms with Crippen LogP contribution in [0, 0.1) is 0 Å². The number of carbonyl (C=O) groups excluding carboxylic acids is 2. The van der Waals surface area contributed by atoms with E-state index in [-0.39, 0.29) is 17.7 Å². The Kier molecular flexibility index (Phi) is 7.89. The van der Waals surface area contributed by atoms with E-state index in [9.17, 15) is 14.4 Å². The van der Waals surface area contributed by atoms with Gasteiger partial charge in [0.2, 0.25) is 0 Å². The first-order valence-electron chi connectivity index (χ1n) is 11.2. The third-order valence-corrected chi connectivity index (χ3v) is 6.99. The number of nitrogens with zero attached hydrogens (tertiary/aromatic N) is 2. The van der Waals surface area contributed by atoms with Crippen LogP contribution in [-0.4, -0.2) is 30.2 Å². The molecule has 0 spiro atoms. The first kappa shape index (κ1) is 26.3. The van der Waals surface area contributed by atoms with Gasteiger partial charge in [0.15, 0.2) is 4.80 Å². The molecular weight excluding hydrogens is 560 g/mol. The zero-order valence-electron chi connectivity index (χ0n) is 20.3. The molecular formula is C27H23BrN2O6S. The van der Waals surface area contributed by atoms with Crippen LogP contribution in [0.25, 0.3) is 6.08 Å². The fourth-order valence-electron chi connectivity index (χ4n) is 3.92. The quantitative estimate of drug-likeness (QED) is 0.240. The number of esters is 2. The Bertz CT molecular complexity index is 1600. The molecule has 2 aromatic carbocycles. The summed E-state index contributed by atoms with van der Waals surface area (Å²) in [6, 6.07) is 11.5. The minimum Gasteiger partial charge on any atom is -0.497 e. The second-order valence-corrected chi connectivity index (χ2v) is 9.94. The van der Waals surface area contributed by atoms with Crippen molar-refractivity contribution >= 4 is 45.3 Å². The molecule has 1 aliphatic rings. The SMILES string of the molecule is C=CCOC(=O)C1=C(C)N=c2sc(=Cc3cc(Br)ccc3OC(C)=O)c(=O)n2C1c1ccc(OC)cc1. The van der Waals surface area contributed by atoms with Gasteiger partial charge in [-0.3, -0.25) is 14.2 Å². The summed E-state index contributed by atoms with van der Waals surface area (Å²) in [5.74, 6) is -0.102. The van der Waals surface area contributed by atoms with Crippen molar-refractivity contribution in [3.63, 3.8) is 0 Å². The molecule has 1 atom stereocenters. The van der Waals surface area contributed by atoms with Gasteiger partial charge < -0.3 is 14.2 Å². The lowest BCUT2D eigenvalue weighted by atomic mass is 9.96. The Labute approximate surface area is 225 Å². The van der Waals surface area contributed by atoms with E-state index < -0.39 is 18.0 Å². The molecule has 0 saturated heterocycles. The number of hydrogen-bond donors (Lipinski definition) is 0. The zero-order valence-corrected chi connectivity index (χ0v) is 22.7. The number of fused-ring (bicyclic) bond motifs is 1. The number of methoxy groups -OCH3 is 1. The molecule has 2 heterocycles. The number of benzene rings is 2. The molecule has 4 rings (SSSR count). The van der Waals surface area contributed by atoms with Crippen molar-refractivity contribution in [3.8, 4) is 11.5 Å². The highest BCUT2D eigenvalue weighted by Gasteiger charge is 2.33. The highest BCUT2D eigenvalue weighted by molar-refractivity contribution is 9.10. The van der Waals surface area contributed by atoms with Crippen molar-refractivity contribution in [2.45, 2.75) is 19.9 Å². The largest absolute Gasteiger partial charge is 0.497 e. The molecule has 0 saturated carbocycles. The van der Waals surface area contributed by atoms with Gasteiger partial charge >= 0.3 is 11.9 Å². The number of ether oxygens (including phenoxy) is 3. The molecule has 0 N–H and O–H groups in total. The zero-order chi connectivity index (χ0) is 26.7. The van der Waals surface area contributed by atoms with Crippen LogP contribution >= 0.6 is 27.3 Å². The van der Waals surface area contributed by atoms with E-state index in [0.29, 0.717) is 37.7 Å². The maximum Gasteiger partial charge on any atom is 0.338 e. The van der Waals surface area contributed by atoms with E-state index in [1.54, 1.807) is 62.6 Å². The Morgan fingerprint density at radius 3 is 2.59 bits per heavy atom. The molecule has 8 nitrogen and oxygen atoms in total. The molecule has 190 valence electrons. The van der Waals surface area contributed by atoms with Gasteiger partial charge in [-0.2, -0.15) is 0 Å². The molecule has 0 fully saturated rings. The average molecular weight is 583 g/mol. The summed E-state index contributed by atoms with van der Waals surface area (Å²) in [4.78, 5) is 43.5. The summed E-state index contributed by atoms with van der Waals surface area (Å²) >= 11 is 4.60. The Balaban J connectivity index is 1.94. The van der Waals surface area contributed by atoms with Crippen molar-refractivity contribution in [2.24, 2.45) is 4.99 Å². The second kappa shape index (κ2) is 11.1. The maximum absolute atomic E-state index is 13.8. The van der Waals surface area contributed by atoms with Crippen LogP contribution in [0.3, 0.4) is 0 Å². The van der Waals surface area contributed by atoms with E-state index >= 15 is 0 Å².